The molecular formula is C31H31F5N4O2S. The molecule has 0 bridgehead atoms. The Labute approximate surface area is 250 Å². The molecule has 228 valence electrons. The molecule has 0 N–H and O–H groups in total. The average Bonchev–Trinajstić information content (AvgIpc) is 3.77. The van der Waals surface area contributed by atoms with Crippen molar-refractivity contribution >= 4 is 29.2 Å². The first-order valence-corrected chi connectivity index (χ1v) is 15.1. The molecule has 43 heavy (non-hydrogen) atoms. The maximum absolute atomic E-state index is 15.2. The van der Waals surface area contributed by atoms with Crippen LogP contribution < -0.4 is 4.90 Å². The molecule has 2 fully saturated rings. The van der Waals surface area contributed by atoms with Gasteiger partial charge in [0.1, 0.15) is 23.3 Å². The van der Waals surface area contributed by atoms with Crippen LogP contribution in [-0.2, 0) is 15.7 Å². The van der Waals surface area contributed by atoms with Crippen LogP contribution >= 0.6 is 11.8 Å². The highest BCUT2D eigenvalue weighted by Gasteiger charge is 2.45. The molecule has 3 atom stereocenters. The Hall–Kier alpha value is -3.38. The molecule has 2 aromatic rings. The highest BCUT2D eigenvalue weighted by molar-refractivity contribution is 7.99. The molecule has 0 radical (unpaired) electrons. The topological polar surface area (TPSA) is 48.4 Å². The van der Waals surface area contributed by atoms with E-state index in [1.165, 1.54) is 17.8 Å². The maximum atomic E-state index is 15.2. The summed E-state index contributed by atoms with van der Waals surface area (Å²) in [5.41, 5.74) is -1.01. The largest absolute Gasteiger partial charge is 0.417 e. The van der Waals surface area contributed by atoms with Gasteiger partial charge in [0.25, 0.3) is 0 Å². The Morgan fingerprint density at radius 3 is 2.44 bits per heavy atom. The maximum Gasteiger partial charge on any atom is 0.417 e. The van der Waals surface area contributed by atoms with Crippen molar-refractivity contribution in [1.82, 2.24) is 9.80 Å². The van der Waals surface area contributed by atoms with E-state index in [4.69, 9.17) is 9.73 Å². The molecule has 0 spiro atoms. The summed E-state index contributed by atoms with van der Waals surface area (Å²) in [6.07, 6.45) is -1.51. The van der Waals surface area contributed by atoms with Crippen LogP contribution in [-0.4, -0.2) is 71.2 Å². The van der Waals surface area contributed by atoms with Crippen LogP contribution in [0.1, 0.15) is 37.8 Å². The molecular weight excluding hydrogens is 587 g/mol. The van der Waals surface area contributed by atoms with E-state index < -0.39 is 23.4 Å². The number of hydrogen-bond acceptors (Lipinski definition) is 6. The highest BCUT2D eigenvalue weighted by atomic mass is 32.2. The number of ether oxygens (including phenoxy) is 1. The zero-order valence-electron chi connectivity index (χ0n) is 23.8. The summed E-state index contributed by atoms with van der Waals surface area (Å²) in [5.74, 6) is -1.18. The van der Waals surface area contributed by atoms with Crippen molar-refractivity contribution in [2.75, 3.05) is 30.3 Å². The van der Waals surface area contributed by atoms with E-state index in [0.29, 0.717) is 48.9 Å². The van der Waals surface area contributed by atoms with Gasteiger partial charge in [-0.05, 0) is 51.0 Å². The van der Waals surface area contributed by atoms with Crippen LogP contribution in [0.25, 0.3) is 11.1 Å². The van der Waals surface area contributed by atoms with Gasteiger partial charge in [-0.1, -0.05) is 13.2 Å². The molecule has 6 nitrogen and oxygen atoms in total. The summed E-state index contributed by atoms with van der Waals surface area (Å²) >= 11 is 1.20. The quantitative estimate of drug-likeness (QED) is 0.285. The molecule has 6 rings (SSSR count). The molecule has 2 aromatic carbocycles. The van der Waals surface area contributed by atoms with Gasteiger partial charge in [0, 0.05) is 58.6 Å². The molecule has 12 heteroatoms. The van der Waals surface area contributed by atoms with Crippen molar-refractivity contribution in [2.24, 2.45) is 4.99 Å². The number of amides is 1. The monoisotopic (exact) mass is 618 g/mol. The standard InChI is InChI=1S/C31H31F5N4O2S/c1-5-26(41)39-16(2)12-38(13-17(39)3)30-23-11-24(31(34,35)36)27(22-9-6-19(32)10-25(22)33)29-28(23)40(18(4)37-30)20(15-43-29)14-42-21-7-8-21/h5-6,9-11,16-17,20-21H,1,4,7-8,12-15H2,2-3H3/t16-,17+,20-/m0/s1. The number of nitrogens with zero attached hydrogens (tertiary/aromatic N) is 4. The third kappa shape index (κ3) is 5.32. The lowest BCUT2D eigenvalue weighted by molar-refractivity contribution is -0.137. The molecule has 1 aliphatic carbocycles. The number of carbonyl (C=O) groups is 1. The van der Waals surface area contributed by atoms with Gasteiger partial charge in [0.15, 0.2) is 0 Å². The number of piperazine rings is 1. The van der Waals surface area contributed by atoms with Gasteiger partial charge >= 0.3 is 6.18 Å². The van der Waals surface area contributed by atoms with Gasteiger partial charge in [0.05, 0.1) is 30.0 Å². The number of thioether (sulfide) groups is 1. The average molecular weight is 619 g/mol. The Morgan fingerprint density at radius 1 is 1.14 bits per heavy atom. The van der Waals surface area contributed by atoms with Crippen molar-refractivity contribution in [1.29, 1.82) is 0 Å². The fourth-order valence-electron chi connectivity index (χ4n) is 6.28. The van der Waals surface area contributed by atoms with Gasteiger partial charge in [0.2, 0.25) is 5.91 Å². The first-order valence-electron chi connectivity index (χ1n) is 14.1. The van der Waals surface area contributed by atoms with Crippen LogP contribution in [0.5, 0.6) is 0 Å². The molecule has 4 aliphatic rings. The van der Waals surface area contributed by atoms with Gasteiger partial charge < -0.3 is 19.4 Å². The molecule has 1 saturated carbocycles. The number of benzene rings is 2. The number of carbonyl (C=O) groups excluding carboxylic acids is 1. The second-order valence-corrected chi connectivity index (χ2v) is 12.4. The molecule has 1 amide bonds. The second-order valence-electron chi connectivity index (χ2n) is 11.4. The van der Waals surface area contributed by atoms with E-state index in [9.17, 15) is 22.4 Å². The zero-order valence-corrected chi connectivity index (χ0v) is 24.6. The lowest BCUT2D eigenvalue weighted by atomic mass is 9.92. The van der Waals surface area contributed by atoms with Gasteiger partial charge in [-0.3, -0.25) is 4.79 Å². The third-order valence-corrected chi connectivity index (χ3v) is 9.48. The SMILES string of the molecule is C=CC(=O)N1[C@H](C)CN(C2=NC(=C)N3c4c2cc(C(F)(F)F)c(-c2ccc(F)cc2F)c4SC[C@@H]3COC2CC2)C[C@@H]1C. The van der Waals surface area contributed by atoms with E-state index in [2.05, 4.69) is 13.2 Å². The Bertz CT molecular complexity index is 1530. The van der Waals surface area contributed by atoms with E-state index in [-0.39, 0.29) is 51.7 Å². The number of alkyl halides is 3. The first kappa shape index (κ1) is 29.7. The van der Waals surface area contributed by atoms with Crippen LogP contribution in [0.2, 0.25) is 0 Å². The summed E-state index contributed by atoms with van der Waals surface area (Å²) in [7, 11) is 0. The minimum atomic E-state index is -4.85. The van der Waals surface area contributed by atoms with Crippen molar-refractivity contribution in [3.8, 4) is 11.1 Å². The fourth-order valence-corrected chi connectivity index (χ4v) is 7.59. The smallest absolute Gasteiger partial charge is 0.376 e. The van der Waals surface area contributed by atoms with Gasteiger partial charge in [-0.25, -0.2) is 13.8 Å². The van der Waals surface area contributed by atoms with E-state index in [1.807, 2.05) is 23.6 Å². The number of amidine groups is 1. The number of anilines is 1. The van der Waals surface area contributed by atoms with Gasteiger partial charge in [-0.2, -0.15) is 13.2 Å². The zero-order chi connectivity index (χ0) is 30.8. The molecule has 1 saturated heterocycles. The van der Waals surface area contributed by atoms with Crippen molar-refractivity contribution < 1.29 is 31.5 Å². The molecule has 0 unspecified atom stereocenters. The number of aliphatic imine (C=N–C) groups is 1. The predicted octanol–water partition coefficient (Wildman–Crippen LogP) is 6.45. The lowest BCUT2D eigenvalue weighted by Gasteiger charge is -2.48. The summed E-state index contributed by atoms with van der Waals surface area (Å²) in [4.78, 5) is 22.9. The van der Waals surface area contributed by atoms with E-state index >= 15 is 4.39 Å². The Kier molecular flexibility index (Phi) is 7.56. The van der Waals surface area contributed by atoms with Crippen molar-refractivity contribution in [3.05, 3.63) is 72.1 Å². The van der Waals surface area contributed by atoms with Gasteiger partial charge in [-0.15, -0.1) is 11.8 Å². The van der Waals surface area contributed by atoms with E-state index in [1.54, 1.807) is 4.90 Å². The minimum absolute atomic E-state index is 0.164. The fraction of sp³-hybridized carbons (Fsp3) is 0.419. The normalized spacial score (nSPS) is 23.7. The molecule has 3 aliphatic heterocycles. The van der Waals surface area contributed by atoms with Crippen LogP contribution in [0, 0.1) is 11.6 Å². The number of hydrogen-bond donors (Lipinski definition) is 0. The second kappa shape index (κ2) is 11.0. The summed E-state index contributed by atoms with van der Waals surface area (Å²) in [6, 6.07) is 2.81. The van der Waals surface area contributed by atoms with Crippen molar-refractivity contribution in [2.45, 2.75) is 62.0 Å². The third-order valence-electron chi connectivity index (χ3n) is 8.24. The van der Waals surface area contributed by atoms with Crippen LogP contribution in [0.15, 0.2) is 59.2 Å². The van der Waals surface area contributed by atoms with E-state index in [0.717, 1.165) is 31.0 Å². The predicted molar refractivity (Wildman–Crippen MR) is 156 cm³/mol. The minimum Gasteiger partial charge on any atom is -0.376 e. The first-order chi connectivity index (χ1) is 20.4. The van der Waals surface area contributed by atoms with Crippen molar-refractivity contribution in [3.63, 3.8) is 0 Å². The molecule has 0 aromatic heterocycles. The summed E-state index contributed by atoms with van der Waals surface area (Å²) < 4.78 is 79.5. The highest BCUT2D eigenvalue weighted by Crippen LogP contribution is 2.54. The summed E-state index contributed by atoms with van der Waals surface area (Å²) in [6.45, 7) is 12.5. The molecule has 3 heterocycles. The summed E-state index contributed by atoms with van der Waals surface area (Å²) in [5, 5.41) is 0. The van der Waals surface area contributed by atoms with Crippen LogP contribution in [0.3, 0.4) is 0 Å². The lowest BCUT2D eigenvalue weighted by Crippen LogP contribution is -2.60. The number of halogens is 5. The number of rotatable bonds is 5. The Morgan fingerprint density at radius 2 is 1.84 bits per heavy atom. The Balaban J connectivity index is 1.53. The van der Waals surface area contributed by atoms with Crippen LogP contribution in [0.4, 0.5) is 27.6 Å².